The summed E-state index contributed by atoms with van der Waals surface area (Å²) in [5.74, 6) is 0. The van der Waals surface area contributed by atoms with Crippen molar-refractivity contribution >= 4 is 40.1 Å². The van der Waals surface area contributed by atoms with Gasteiger partial charge < -0.3 is 0 Å². The molecule has 0 aromatic heterocycles. The summed E-state index contributed by atoms with van der Waals surface area (Å²) >= 11 is 11.1. The topological polar surface area (TPSA) is 0 Å². The standard InChI is InChI=1S/C13H20S3/c1-2-3-4-6-9-13(16-12(14)15)10-7-5-8-11-13/h5,7-8,10H,2-4,6,9,11H2,1H3,(H,14,15). The molecule has 1 aliphatic rings. The average molecular weight is 273 g/mol. The van der Waals surface area contributed by atoms with Gasteiger partial charge in [-0.3, -0.25) is 0 Å². The van der Waals surface area contributed by atoms with Crippen LogP contribution in [0.4, 0.5) is 0 Å². The summed E-state index contributed by atoms with van der Waals surface area (Å²) in [5.41, 5.74) is 0. The van der Waals surface area contributed by atoms with Crippen LogP contribution in [-0.2, 0) is 0 Å². The van der Waals surface area contributed by atoms with E-state index in [2.05, 4.69) is 43.9 Å². The summed E-state index contributed by atoms with van der Waals surface area (Å²) < 4.78 is 0.942. The van der Waals surface area contributed by atoms with E-state index in [-0.39, 0.29) is 4.75 Å². The second-order valence-corrected chi connectivity index (χ2v) is 7.38. The lowest BCUT2D eigenvalue weighted by molar-refractivity contribution is 0.565. The van der Waals surface area contributed by atoms with Gasteiger partial charge in [-0.2, -0.15) is 0 Å². The van der Waals surface area contributed by atoms with Crippen molar-refractivity contribution in [2.24, 2.45) is 0 Å². The van der Waals surface area contributed by atoms with Crippen molar-refractivity contribution in [3.05, 3.63) is 24.3 Å². The molecule has 1 unspecified atom stereocenters. The van der Waals surface area contributed by atoms with E-state index in [0.29, 0.717) is 0 Å². The highest BCUT2D eigenvalue weighted by Crippen LogP contribution is 2.39. The zero-order valence-corrected chi connectivity index (χ0v) is 12.3. The predicted molar refractivity (Wildman–Crippen MR) is 83.6 cm³/mol. The highest BCUT2D eigenvalue weighted by atomic mass is 32.2. The lowest BCUT2D eigenvalue weighted by Gasteiger charge is -2.30. The Bertz CT molecular complexity index is 281. The maximum atomic E-state index is 5.12. The second kappa shape index (κ2) is 7.57. The van der Waals surface area contributed by atoms with Gasteiger partial charge >= 0.3 is 0 Å². The molecule has 0 aromatic rings. The minimum Gasteiger partial charge on any atom is -0.125 e. The third-order valence-corrected chi connectivity index (χ3v) is 4.47. The van der Waals surface area contributed by atoms with Crippen LogP contribution in [0.25, 0.3) is 0 Å². The lowest BCUT2D eigenvalue weighted by Crippen LogP contribution is -2.23. The molecule has 3 heteroatoms. The Morgan fingerprint density at radius 2 is 2.19 bits per heavy atom. The smallest absolute Gasteiger partial charge is 0.102 e. The first kappa shape index (κ1) is 14.3. The van der Waals surface area contributed by atoms with Crippen LogP contribution in [-0.4, -0.2) is 8.28 Å². The van der Waals surface area contributed by atoms with E-state index in [0.717, 1.165) is 9.95 Å². The minimum atomic E-state index is 0.182. The van der Waals surface area contributed by atoms with E-state index in [4.69, 9.17) is 12.2 Å². The number of hydrogen-bond donors (Lipinski definition) is 1. The summed E-state index contributed by atoms with van der Waals surface area (Å²) in [6.45, 7) is 2.25. The Morgan fingerprint density at radius 1 is 1.38 bits per heavy atom. The van der Waals surface area contributed by atoms with Gasteiger partial charge in [-0.25, -0.2) is 0 Å². The van der Waals surface area contributed by atoms with Crippen molar-refractivity contribution in [2.45, 2.75) is 50.2 Å². The van der Waals surface area contributed by atoms with E-state index in [1.54, 1.807) is 11.8 Å². The molecule has 0 radical (unpaired) electrons. The van der Waals surface area contributed by atoms with Gasteiger partial charge in [0.15, 0.2) is 0 Å². The molecule has 0 aliphatic heterocycles. The molecule has 0 nitrogen and oxygen atoms in total. The monoisotopic (exact) mass is 272 g/mol. The second-order valence-electron chi connectivity index (χ2n) is 4.23. The van der Waals surface area contributed by atoms with Gasteiger partial charge in [-0.05, 0) is 12.8 Å². The van der Waals surface area contributed by atoms with Gasteiger partial charge in [-0.15, -0.1) is 12.6 Å². The van der Waals surface area contributed by atoms with E-state index >= 15 is 0 Å². The molecule has 0 saturated carbocycles. The first-order valence-electron chi connectivity index (χ1n) is 5.95. The highest BCUT2D eigenvalue weighted by Gasteiger charge is 2.28. The van der Waals surface area contributed by atoms with Gasteiger partial charge in [0.1, 0.15) is 3.53 Å². The zero-order valence-electron chi connectivity index (χ0n) is 9.82. The molecular weight excluding hydrogens is 252 g/mol. The van der Waals surface area contributed by atoms with Crippen molar-refractivity contribution in [3.63, 3.8) is 0 Å². The third kappa shape index (κ3) is 5.07. The molecule has 90 valence electrons. The summed E-state index contributed by atoms with van der Waals surface area (Å²) in [4.78, 5) is 0. The predicted octanol–water partition coefficient (Wildman–Crippen LogP) is 5.16. The van der Waals surface area contributed by atoms with Crippen molar-refractivity contribution in [1.82, 2.24) is 0 Å². The quantitative estimate of drug-likeness (QED) is 0.403. The minimum absolute atomic E-state index is 0.182. The number of hydrogen-bond acceptors (Lipinski definition) is 2. The fourth-order valence-corrected chi connectivity index (χ4v) is 3.95. The number of thioether (sulfide) groups is 1. The van der Waals surface area contributed by atoms with Crippen molar-refractivity contribution in [1.29, 1.82) is 0 Å². The van der Waals surface area contributed by atoms with E-state index < -0.39 is 0 Å². The van der Waals surface area contributed by atoms with Gasteiger partial charge in [0.2, 0.25) is 0 Å². The molecule has 0 amide bonds. The molecule has 1 aliphatic carbocycles. The van der Waals surface area contributed by atoms with Crippen LogP contribution in [0.15, 0.2) is 24.3 Å². The fourth-order valence-electron chi connectivity index (χ4n) is 1.98. The van der Waals surface area contributed by atoms with E-state index in [1.807, 2.05) is 0 Å². The largest absolute Gasteiger partial charge is 0.125 e. The molecule has 16 heavy (non-hydrogen) atoms. The van der Waals surface area contributed by atoms with Crippen LogP contribution in [0.2, 0.25) is 0 Å². The summed E-state index contributed by atoms with van der Waals surface area (Å²) in [6, 6.07) is 0. The Morgan fingerprint density at radius 3 is 2.75 bits per heavy atom. The first-order valence-corrected chi connectivity index (χ1v) is 7.62. The molecule has 1 rings (SSSR count). The van der Waals surface area contributed by atoms with Gasteiger partial charge in [0.25, 0.3) is 0 Å². The molecule has 0 spiro atoms. The normalized spacial score (nSPS) is 23.6. The van der Waals surface area contributed by atoms with Crippen LogP contribution in [0.3, 0.4) is 0 Å². The van der Waals surface area contributed by atoms with Crippen LogP contribution in [0.1, 0.15) is 45.4 Å². The number of unbranched alkanes of at least 4 members (excludes halogenated alkanes) is 3. The molecule has 0 heterocycles. The number of thiocarbonyl (C=S) groups is 1. The Kier molecular flexibility index (Phi) is 6.78. The average Bonchev–Trinajstić information content (AvgIpc) is 2.25. The number of rotatable bonds is 6. The van der Waals surface area contributed by atoms with Crippen LogP contribution in [0.5, 0.6) is 0 Å². The fraction of sp³-hybridized carbons (Fsp3) is 0.615. The molecule has 0 bridgehead atoms. The SMILES string of the molecule is CCCCCCC1(SC(=S)S)C=CC=CC1. The van der Waals surface area contributed by atoms with Crippen LogP contribution < -0.4 is 0 Å². The zero-order chi connectivity index (χ0) is 11.9. The maximum absolute atomic E-state index is 5.12. The maximum Gasteiger partial charge on any atom is 0.102 e. The molecule has 0 saturated heterocycles. The summed E-state index contributed by atoms with van der Waals surface area (Å²) in [5, 5.41) is 0. The molecule has 0 N–H and O–H groups in total. The van der Waals surface area contributed by atoms with Crippen molar-refractivity contribution in [3.8, 4) is 0 Å². The Balaban J connectivity index is 2.47. The summed E-state index contributed by atoms with van der Waals surface area (Å²) in [7, 11) is 0. The molecule has 1 atom stereocenters. The third-order valence-electron chi connectivity index (χ3n) is 2.85. The van der Waals surface area contributed by atoms with Gasteiger partial charge in [-0.1, -0.05) is 80.9 Å². The van der Waals surface area contributed by atoms with Crippen LogP contribution >= 0.6 is 36.6 Å². The molecular formula is C13H20S3. The molecule has 0 aromatic carbocycles. The van der Waals surface area contributed by atoms with Crippen molar-refractivity contribution in [2.75, 3.05) is 0 Å². The van der Waals surface area contributed by atoms with Gasteiger partial charge in [0, 0.05) is 4.75 Å². The number of thiol groups is 1. The lowest BCUT2D eigenvalue weighted by atomic mass is 9.93. The first-order chi connectivity index (χ1) is 7.68. The van der Waals surface area contributed by atoms with Crippen molar-refractivity contribution < 1.29 is 0 Å². The molecule has 0 fully saturated rings. The summed E-state index contributed by atoms with van der Waals surface area (Å²) in [6.07, 6.45) is 16.3. The van der Waals surface area contributed by atoms with Gasteiger partial charge in [0.05, 0.1) is 0 Å². The van der Waals surface area contributed by atoms with E-state index in [9.17, 15) is 0 Å². The highest BCUT2D eigenvalue weighted by molar-refractivity contribution is 8.42. The van der Waals surface area contributed by atoms with Crippen LogP contribution in [0, 0.1) is 0 Å². The number of allylic oxidation sites excluding steroid dienone is 3. The Hall–Kier alpha value is 0.270. The van der Waals surface area contributed by atoms with E-state index in [1.165, 1.54) is 32.1 Å². The Labute approximate surface area is 114 Å².